The number of Topliss-reactive ketones (excluding diaryl/α,β-unsaturated/α-hetero) is 1. The highest BCUT2D eigenvalue weighted by Gasteiger charge is 2.01. The minimum absolute atomic E-state index is 0.00741. The van der Waals surface area contributed by atoms with Crippen molar-refractivity contribution in [1.29, 1.82) is 0 Å². The van der Waals surface area contributed by atoms with Crippen molar-refractivity contribution in [2.75, 3.05) is 12.5 Å². The van der Waals surface area contributed by atoms with E-state index in [2.05, 4.69) is 6.92 Å². The van der Waals surface area contributed by atoms with Crippen LogP contribution in [0.1, 0.15) is 12.5 Å². The second-order valence-electron chi connectivity index (χ2n) is 2.96. The van der Waals surface area contributed by atoms with Gasteiger partial charge >= 0.3 is 0 Å². The van der Waals surface area contributed by atoms with Crippen LogP contribution in [-0.4, -0.2) is 18.3 Å². The first-order chi connectivity index (χ1) is 6.76. The van der Waals surface area contributed by atoms with Crippen molar-refractivity contribution < 1.29 is 9.53 Å². The summed E-state index contributed by atoms with van der Waals surface area (Å²) in [5, 5.41) is 0. The molecule has 14 heavy (non-hydrogen) atoms. The van der Waals surface area contributed by atoms with Gasteiger partial charge in [0.05, 0.1) is 5.88 Å². The molecule has 0 aliphatic heterocycles. The van der Waals surface area contributed by atoms with E-state index in [0.717, 1.165) is 12.2 Å². The van der Waals surface area contributed by atoms with Crippen LogP contribution >= 0.6 is 11.6 Å². The van der Waals surface area contributed by atoms with Gasteiger partial charge in [-0.3, -0.25) is 4.79 Å². The van der Waals surface area contributed by atoms with Crippen LogP contribution in [0.3, 0.4) is 0 Å². The number of carbonyl (C=O) groups is 1. The van der Waals surface area contributed by atoms with Crippen LogP contribution in [-0.2, 0) is 11.2 Å². The van der Waals surface area contributed by atoms with E-state index in [-0.39, 0.29) is 18.3 Å². The van der Waals surface area contributed by atoms with Crippen molar-refractivity contribution in [3.63, 3.8) is 0 Å². The third kappa shape index (κ3) is 3.38. The number of ketones is 1. The summed E-state index contributed by atoms with van der Waals surface area (Å²) in [7, 11) is 0. The quantitative estimate of drug-likeness (QED) is 0.701. The van der Waals surface area contributed by atoms with E-state index in [1.165, 1.54) is 5.56 Å². The van der Waals surface area contributed by atoms with Crippen LogP contribution in [0.25, 0.3) is 0 Å². The number of aryl methyl sites for hydroxylation is 1. The molecule has 0 radical (unpaired) electrons. The largest absolute Gasteiger partial charge is 0.486 e. The highest BCUT2D eigenvalue weighted by molar-refractivity contribution is 6.27. The van der Waals surface area contributed by atoms with Crippen LogP contribution in [0.2, 0.25) is 0 Å². The molecule has 0 aliphatic rings. The first kappa shape index (κ1) is 11.1. The van der Waals surface area contributed by atoms with E-state index in [1.54, 1.807) is 0 Å². The Balaban J connectivity index is 2.54. The zero-order chi connectivity index (χ0) is 10.4. The average Bonchev–Trinajstić information content (AvgIpc) is 2.26. The van der Waals surface area contributed by atoms with E-state index < -0.39 is 0 Å². The lowest BCUT2D eigenvalue weighted by molar-refractivity contribution is -0.118. The van der Waals surface area contributed by atoms with E-state index >= 15 is 0 Å². The SMILES string of the molecule is CCc1cccc(OCC(=O)CCl)c1. The standard InChI is InChI=1S/C11H13ClO2/c1-2-9-4-3-5-11(6-9)14-8-10(13)7-12/h3-6H,2,7-8H2,1H3. The molecule has 1 aromatic carbocycles. The Morgan fingerprint density at radius 1 is 1.50 bits per heavy atom. The average molecular weight is 213 g/mol. The molecule has 0 saturated carbocycles. The zero-order valence-electron chi connectivity index (χ0n) is 8.13. The molecule has 0 atom stereocenters. The molecule has 0 heterocycles. The summed E-state index contributed by atoms with van der Waals surface area (Å²) in [6.07, 6.45) is 0.959. The lowest BCUT2D eigenvalue weighted by Gasteiger charge is -2.05. The number of hydrogen-bond donors (Lipinski definition) is 0. The number of alkyl halides is 1. The molecule has 0 amide bonds. The molecule has 76 valence electrons. The number of benzene rings is 1. The minimum Gasteiger partial charge on any atom is -0.486 e. The van der Waals surface area contributed by atoms with E-state index in [9.17, 15) is 4.79 Å². The number of halogens is 1. The van der Waals surface area contributed by atoms with Crippen LogP contribution < -0.4 is 4.74 Å². The monoisotopic (exact) mass is 212 g/mol. The van der Waals surface area contributed by atoms with Crippen molar-refractivity contribution in [3.05, 3.63) is 29.8 Å². The van der Waals surface area contributed by atoms with E-state index in [0.29, 0.717) is 0 Å². The number of carbonyl (C=O) groups excluding carboxylic acids is 1. The highest BCUT2D eigenvalue weighted by atomic mass is 35.5. The normalized spacial score (nSPS) is 9.86. The molecule has 0 fully saturated rings. The van der Waals surface area contributed by atoms with Crippen molar-refractivity contribution in [3.8, 4) is 5.75 Å². The summed E-state index contributed by atoms with van der Waals surface area (Å²) in [6.45, 7) is 2.12. The Hall–Kier alpha value is -1.02. The minimum atomic E-state index is -0.103. The smallest absolute Gasteiger partial charge is 0.184 e. The maximum atomic E-state index is 10.9. The van der Waals surface area contributed by atoms with Crippen molar-refractivity contribution >= 4 is 17.4 Å². The molecule has 0 aromatic heterocycles. The fourth-order valence-electron chi connectivity index (χ4n) is 1.06. The fraction of sp³-hybridized carbons (Fsp3) is 0.364. The Bertz CT molecular complexity index is 310. The third-order valence-corrected chi connectivity index (χ3v) is 2.15. The first-order valence-corrected chi connectivity index (χ1v) is 5.09. The lowest BCUT2D eigenvalue weighted by atomic mass is 10.2. The van der Waals surface area contributed by atoms with E-state index in [4.69, 9.17) is 16.3 Å². The highest BCUT2D eigenvalue weighted by Crippen LogP contribution is 2.13. The topological polar surface area (TPSA) is 26.3 Å². The Labute approximate surface area is 88.8 Å². The van der Waals surface area contributed by atoms with Crippen molar-refractivity contribution in [2.24, 2.45) is 0 Å². The molecular formula is C11H13ClO2. The summed E-state index contributed by atoms with van der Waals surface area (Å²) in [5.41, 5.74) is 1.20. The summed E-state index contributed by atoms with van der Waals surface area (Å²) >= 11 is 5.35. The van der Waals surface area contributed by atoms with Gasteiger partial charge in [-0.15, -0.1) is 11.6 Å². The number of hydrogen-bond acceptors (Lipinski definition) is 2. The van der Waals surface area contributed by atoms with Crippen molar-refractivity contribution in [1.82, 2.24) is 0 Å². The Morgan fingerprint density at radius 2 is 2.29 bits per heavy atom. The van der Waals surface area contributed by atoms with Gasteiger partial charge < -0.3 is 4.74 Å². The van der Waals surface area contributed by atoms with Crippen molar-refractivity contribution in [2.45, 2.75) is 13.3 Å². The van der Waals surface area contributed by atoms with Gasteiger partial charge in [0.15, 0.2) is 5.78 Å². The molecule has 0 aliphatic carbocycles. The van der Waals surface area contributed by atoms with Gasteiger partial charge in [0, 0.05) is 0 Å². The van der Waals surface area contributed by atoms with Gasteiger partial charge in [-0.25, -0.2) is 0 Å². The first-order valence-electron chi connectivity index (χ1n) is 4.55. The molecule has 1 rings (SSSR count). The molecular weight excluding hydrogens is 200 g/mol. The van der Waals surface area contributed by atoms with Crippen LogP contribution in [0.5, 0.6) is 5.75 Å². The molecule has 1 aromatic rings. The summed E-state index contributed by atoms with van der Waals surface area (Å²) in [4.78, 5) is 10.9. The van der Waals surface area contributed by atoms with Gasteiger partial charge in [0.2, 0.25) is 0 Å². The predicted octanol–water partition coefficient (Wildman–Crippen LogP) is 2.44. The van der Waals surface area contributed by atoms with Gasteiger partial charge in [-0.1, -0.05) is 19.1 Å². The second kappa shape index (κ2) is 5.66. The van der Waals surface area contributed by atoms with Gasteiger partial charge in [-0.05, 0) is 24.1 Å². The number of rotatable bonds is 5. The van der Waals surface area contributed by atoms with Crippen LogP contribution in [0.4, 0.5) is 0 Å². The molecule has 0 N–H and O–H groups in total. The summed E-state index contributed by atoms with van der Waals surface area (Å²) in [5.74, 6) is 0.629. The third-order valence-electron chi connectivity index (χ3n) is 1.86. The molecule has 0 spiro atoms. The fourth-order valence-corrected chi connectivity index (χ4v) is 1.13. The lowest BCUT2D eigenvalue weighted by Crippen LogP contribution is -2.12. The predicted molar refractivity (Wildman–Crippen MR) is 57.0 cm³/mol. The molecule has 0 unspecified atom stereocenters. The number of ether oxygens (including phenoxy) is 1. The molecule has 0 bridgehead atoms. The zero-order valence-corrected chi connectivity index (χ0v) is 8.88. The molecule has 0 saturated heterocycles. The van der Waals surface area contributed by atoms with Gasteiger partial charge in [0.1, 0.15) is 12.4 Å². The second-order valence-corrected chi connectivity index (χ2v) is 3.23. The van der Waals surface area contributed by atoms with Crippen LogP contribution in [0, 0.1) is 0 Å². The Kier molecular flexibility index (Phi) is 4.47. The molecule has 3 heteroatoms. The van der Waals surface area contributed by atoms with Gasteiger partial charge in [-0.2, -0.15) is 0 Å². The summed E-state index contributed by atoms with van der Waals surface area (Å²) < 4.78 is 5.27. The summed E-state index contributed by atoms with van der Waals surface area (Å²) in [6, 6.07) is 7.71. The Morgan fingerprint density at radius 3 is 2.93 bits per heavy atom. The molecule has 2 nitrogen and oxygen atoms in total. The van der Waals surface area contributed by atoms with E-state index in [1.807, 2.05) is 24.3 Å². The van der Waals surface area contributed by atoms with Gasteiger partial charge in [0.25, 0.3) is 0 Å². The van der Waals surface area contributed by atoms with Crippen LogP contribution in [0.15, 0.2) is 24.3 Å². The maximum absolute atomic E-state index is 10.9. The maximum Gasteiger partial charge on any atom is 0.184 e.